The molecule has 0 aromatic heterocycles. The van der Waals surface area contributed by atoms with Crippen molar-refractivity contribution in [2.45, 2.75) is 6.04 Å². The summed E-state index contributed by atoms with van der Waals surface area (Å²) in [4.78, 5) is 0. The number of hydrogen-bond acceptors (Lipinski definition) is 2. The van der Waals surface area contributed by atoms with Gasteiger partial charge in [0.1, 0.15) is 0 Å². The minimum absolute atomic E-state index is 0.0649. The predicted octanol–water partition coefficient (Wildman–Crippen LogP) is 1.29. The molecule has 1 aromatic rings. The lowest BCUT2D eigenvalue weighted by Gasteiger charge is -2.08. The van der Waals surface area contributed by atoms with Gasteiger partial charge in [0.25, 0.3) is 0 Å². The lowest BCUT2D eigenvalue weighted by atomic mass is 10.0. The van der Waals surface area contributed by atoms with Gasteiger partial charge in [0.15, 0.2) is 0 Å². The van der Waals surface area contributed by atoms with E-state index in [1.54, 1.807) is 6.08 Å². The Morgan fingerprint density at radius 3 is 2.83 bits per heavy atom. The highest BCUT2D eigenvalue weighted by molar-refractivity contribution is 5.48. The van der Waals surface area contributed by atoms with Crippen molar-refractivity contribution in [2.24, 2.45) is 11.5 Å². The van der Waals surface area contributed by atoms with Gasteiger partial charge in [-0.1, -0.05) is 36.9 Å². The van der Waals surface area contributed by atoms with E-state index in [2.05, 4.69) is 6.58 Å². The van der Waals surface area contributed by atoms with Gasteiger partial charge < -0.3 is 11.5 Å². The van der Waals surface area contributed by atoms with Crippen LogP contribution in [-0.4, -0.2) is 6.54 Å². The first-order valence-corrected chi connectivity index (χ1v) is 3.96. The van der Waals surface area contributed by atoms with E-state index in [1.807, 2.05) is 24.3 Å². The summed E-state index contributed by atoms with van der Waals surface area (Å²) in [6.07, 6.45) is 1.80. The lowest BCUT2D eigenvalue weighted by molar-refractivity contribution is 0.737. The molecule has 12 heavy (non-hydrogen) atoms. The summed E-state index contributed by atoms with van der Waals surface area (Å²) in [5.74, 6) is 0. The van der Waals surface area contributed by atoms with E-state index >= 15 is 0 Å². The van der Waals surface area contributed by atoms with Crippen molar-refractivity contribution in [3.63, 3.8) is 0 Å². The Hall–Kier alpha value is -1.12. The van der Waals surface area contributed by atoms with Gasteiger partial charge in [-0.05, 0) is 11.1 Å². The molecule has 0 saturated heterocycles. The van der Waals surface area contributed by atoms with Gasteiger partial charge in [-0.2, -0.15) is 0 Å². The van der Waals surface area contributed by atoms with Crippen molar-refractivity contribution in [3.8, 4) is 0 Å². The molecule has 0 radical (unpaired) electrons. The normalized spacial score (nSPS) is 12.5. The van der Waals surface area contributed by atoms with Crippen LogP contribution in [0, 0.1) is 0 Å². The van der Waals surface area contributed by atoms with Crippen LogP contribution in [0.5, 0.6) is 0 Å². The van der Waals surface area contributed by atoms with Crippen molar-refractivity contribution >= 4 is 6.08 Å². The summed E-state index contributed by atoms with van der Waals surface area (Å²) in [5, 5.41) is 0. The van der Waals surface area contributed by atoms with Gasteiger partial charge >= 0.3 is 0 Å². The molecule has 0 spiro atoms. The first kappa shape index (κ1) is 8.97. The van der Waals surface area contributed by atoms with Crippen LogP contribution < -0.4 is 11.5 Å². The second-order valence-electron chi connectivity index (χ2n) is 2.72. The van der Waals surface area contributed by atoms with Gasteiger partial charge in [-0.3, -0.25) is 0 Å². The molecule has 1 unspecified atom stereocenters. The molecule has 0 bridgehead atoms. The summed E-state index contributed by atoms with van der Waals surface area (Å²) >= 11 is 0. The average molecular weight is 162 g/mol. The summed E-state index contributed by atoms with van der Waals surface area (Å²) in [6, 6.07) is 7.86. The summed E-state index contributed by atoms with van der Waals surface area (Å²) in [5.41, 5.74) is 13.3. The minimum Gasteiger partial charge on any atom is -0.329 e. The standard InChI is InChI=1S/C10H14N2/c1-2-8-4-3-5-9(6-8)10(12)7-11/h2-6,10H,1,7,11-12H2. The van der Waals surface area contributed by atoms with E-state index in [1.165, 1.54) is 0 Å². The van der Waals surface area contributed by atoms with Crippen LogP contribution in [0.2, 0.25) is 0 Å². The predicted molar refractivity (Wildman–Crippen MR) is 52.5 cm³/mol. The molecule has 1 aromatic carbocycles. The third-order valence-electron chi connectivity index (χ3n) is 1.83. The summed E-state index contributed by atoms with van der Waals surface area (Å²) in [7, 11) is 0. The van der Waals surface area contributed by atoms with Crippen LogP contribution in [0.25, 0.3) is 6.08 Å². The molecule has 1 rings (SSSR count). The van der Waals surface area contributed by atoms with Gasteiger partial charge in [-0.15, -0.1) is 0 Å². The Morgan fingerprint density at radius 2 is 2.25 bits per heavy atom. The van der Waals surface area contributed by atoms with Crippen LogP contribution in [0.15, 0.2) is 30.8 Å². The quantitative estimate of drug-likeness (QED) is 0.703. The third-order valence-corrected chi connectivity index (χ3v) is 1.83. The zero-order valence-electron chi connectivity index (χ0n) is 7.03. The second kappa shape index (κ2) is 4.04. The van der Waals surface area contributed by atoms with Crippen LogP contribution >= 0.6 is 0 Å². The van der Waals surface area contributed by atoms with Crippen LogP contribution in [0.1, 0.15) is 17.2 Å². The Kier molecular flexibility index (Phi) is 3.02. The van der Waals surface area contributed by atoms with E-state index in [-0.39, 0.29) is 6.04 Å². The maximum atomic E-state index is 5.76. The fourth-order valence-electron chi connectivity index (χ4n) is 1.05. The molecule has 64 valence electrons. The molecule has 1 atom stereocenters. The lowest BCUT2D eigenvalue weighted by Crippen LogP contribution is -2.20. The van der Waals surface area contributed by atoms with Crippen LogP contribution in [0.3, 0.4) is 0 Å². The van der Waals surface area contributed by atoms with Crippen LogP contribution in [0.4, 0.5) is 0 Å². The summed E-state index contributed by atoms with van der Waals surface area (Å²) in [6.45, 7) is 4.16. The van der Waals surface area contributed by atoms with E-state index < -0.39 is 0 Å². The zero-order valence-corrected chi connectivity index (χ0v) is 7.03. The molecular weight excluding hydrogens is 148 g/mol. The fraction of sp³-hybridized carbons (Fsp3) is 0.200. The number of nitrogens with two attached hydrogens (primary N) is 2. The maximum Gasteiger partial charge on any atom is 0.0419 e. The minimum atomic E-state index is -0.0649. The number of benzene rings is 1. The molecule has 0 aliphatic heterocycles. The van der Waals surface area contributed by atoms with E-state index in [4.69, 9.17) is 11.5 Å². The molecule has 0 aliphatic carbocycles. The first-order chi connectivity index (χ1) is 5.77. The molecule has 2 heteroatoms. The van der Waals surface area contributed by atoms with Gasteiger partial charge in [0, 0.05) is 12.6 Å². The van der Waals surface area contributed by atoms with Gasteiger partial charge in [0.2, 0.25) is 0 Å². The highest BCUT2D eigenvalue weighted by atomic mass is 14.7. The highest BCUT2D eigenvalue weighted by Crippen LogP contribution is 2.11. The van der Waals surface area contributed by atoms with E-state index in [9.17, 15) is 0 Å². The average Bonchev–Trinajstić information content (AvgIpc) is 2.17. The van der Waals surface area contributed by atoms with Crippen molar-refractivity contribution < 1.29 is 0 Å². The number of hydrogen-bond donors (Lipinski definition) is 2. The number of rotatable bonds is 3. The Bertz CT molecular complexity index is 268. The molecule has 4 N–H and O–H groups in total. The molecule has 0 saturated carbocycles. The van der Waals surface area contributed by atoms with Crippen LogP contribution in [-0.2, 0) is 0 Å². The van der Waals surface area contributed by atoms with Gasteiger partial charge in [0.05, 0.1) is 0 Å². The Morgan fingerprint density at radius 1 is 1.50 bits per heavy atom. The van der Waals surface area contributed by atoms with Crippen molar-refractivity contribution in [1.82, 2.24) is 0 Å². The zero-order chi connectivity index (χ0) is 8.97. The molecule has 2 nitrogen and oxygen atoms in total. The largest absolute Gasteiger partial charge is 0.329 e. The van der Waals surface area contributed by atoms with Gasteiger partial charge in [-0.25, -0.2) is 0 Å². The molecule has 0 fully saturated rings. The van der Waals surface area contributed by atoms with E-state index in [0.717, 1.165) is 11.1 Å². The molecule has 0 heterocycles. The monoisotopic (exact) mass is 162 g/mol. The topological polar surface area (TPSA) is 52.0 Å². The molecular formula is C10H14N2. The smallest absolute Gasteiger partial charge is 0.0419 e. The van der Waals surface area contributed by atoms with Crippen molar-refractivity contribution in [3.05, 3.63) is 42.0 Å². The summed E-state index contributed by atoms with van der Waals surface area (Å²) < 4.78 is 0. The van der Waals surface area contributed by atoms with Crippen molar-refractivity contribution in [1.29, 1.82) is 0 Å². The van der Waals surface area contributed by atoms with E-state index in [0.29, 0.717) is 6.54 Å². The molecule has 0 amide bonds. The SMILES string of the molecule is C=Cc1cccc(C(N)CN)c1. The Labute approximate surface area is 72.9 Å². The maximum absolute atomic E-state index is 5.76. The highest BCUT2D eigenvalue weighted by Gasteiger charge is 2.01. The third kappa shape index (κ3) is 1.94. The fourth-order valence-corrected chi connectivity index (χ4v) is 1.05. The Balaban J connectivity index is 2.93. The van der Waals surface area contributed by atoms with Crippen molar-refractivity contribution in [2.75, 3.05) is 6.54 Å². The molecule has 0 aliphatic rings. The second-order valence-corrected chi connectivity index (χ2v) is 2.72. The first-order valence-electron chi connectivity index (χ1n) is 3.96.